The quantitative estimate of drug-likeness (QED) is 0.428. The van der Waals surface area contributed by atoms with E-state index in [2.05, 4.69) is 0 Å². The molecule has 0 bridgehead atoms. The molecule has 0 saturated heterocycles. The van der Waals surface area contributed by atoms with E-state index in [1.165, 1.54) is 6.07 Å². The van der Waals surface area contributed by atoms with Gasteiger partial charge < -0.3 is 0 Å². The average molecular weight is 390 g/mol. The molecule has 0 aromatic heterocycles. The van der Waals surface area contributed by atoms with E-state index in [-0.39, 0.29) is 0 Å². The van der Waals surface area contributed by atoms with Gasteiger partial charge in [0.05, 0.1) is 4.91 Å². The van der Waals surface area contributed by atoms with Crippen LogP contribution in [-0.4, -0.2) is 24.5 Å². The largest absolute Gasteiger partial charge is 0.458 e. The smallest absolute Gasteiger partial charge is 0.190 e. The Balaban J connectivity index is 3.72. The summed E-state index contributed by atoms with van der Waals surface area (Å²) in [4.78, 5) is -3.83. The molecule has 1 rings (SSSR count). The molecule has 0 radical (unpaired) electrons. The van der Waals surface area contributed by atoms with Crippen LogP contribution in [-0.2, 0) is 0 Å². The lowest BCUT2D eigenvalue weighted by Gasteiger charge is -2.27. The van der Waals surface area contributed by atoms with Crippen molar-refractivity contribution in [1.29, 1.82) is 0 Å². The maximum absolute atomic E-state index is 13.4. The summed E-state index contributed by atoms with van der Waals surface area (Å²) >= 11 is -0.946. The van der Waals surface area contributed by atoms with Gasteiger partial charge >= 0.3 is 24.5 Å². The van der Waals surface area contributed by atoms with Crippen LogP contribution in [0, 0.1) is 0 Å². The third-order valence-electron chi connectivity index (χ3n) is 2.40. The van der Waals surface area contributed by atoms with Crippen LogP contribution >= 0.6 is 11.8 Å². The molecule has 0 spiro atoms. The normalized spacial score (nSPS) is 13.8. The highest BCUT2D eigenvalue weighted by molar-refractivity contribution is 8.03. The molecule has 0 saturated carbocycles. The van der Waals surface area contributed by atoms with E-state index >= 15 is 0 Å². The monoisotopic (exact) mass is 390 g/mol. The molecule has 136 valence electrons. The SMILES string of the molecule is FC(F)(F)C(=C(Sc1ccccc1)C(F)(F)C(F)(F)F)C(F)(F)F. The van der Waals surface area contributed by atoms with Crippen molar-refractivity contribution in [3.05, 3.63) is 40.8 Å². The average Bonchev–Trinajstić information content (AvgIpc) is 2.34. The van der Waals surface area contributed by atoms with Crippen LogP contribution in [0.1, 0.15) is 0 Å². The second kappa shape index (κ2) is 6.45. The number of hydrogen-bond acceptors (Lipinski definition) is 1. The van der Waals surface area contributed by atoms with Crippen LogP contribution in [0.3, 0.4) is 0 Å². The van der Waals surface area contributed by atoms with E-state index in [0.29, 0.717) is 0 Å². The van der Waals surface area contributed by atoms with E-state index in [0.717, 1.165) is 24.3 Å². The van der Waals surface area contributed by atoms with Crippen LogP contribution in [0.4, 0.5) is 48.3 Å². The van der Waals surface area contributed by atoms with Gasteiger partial charge in [0, 0.05) is 4.90 Å². The molecule has 0 N–H and O–H groups in total. The molecule has 0 atom stereocenters. The van der Waals surface area contributed by atoms with Crippen molar-refractivity contribution in [2.75, 3.05) is 0 Å². The minimum Gasteiger partial charge on any atom is -0.190 e. The first-order valence-electron chi connectivity index (χ1n) is 5.65. The fourth-order valence-corrected chi connectivity index (χ4v) is 2.53. The summed E-state index contributed by atoms with van der Waals surface area (Å²) < 4.78 is 140. The Kier molecular flexibility index (Phi) is 5.53. The second-order valence-electron chi connectivity index (χ2n) is 4.19. The molecule has 1 aromatic carbocycles. The molecule has 0 aliphatic heterocycles. The number of allylic oxidation sites excluding steroid dienone is 2. The predicted octanol–water partition coefficient (Wildman–Crippen LogP) is 6.36. The van der Waals surface area contributed by atoms with Crippen LogP contribution < -0.4 is 0 Å². The molecule has 0 amide bonds. The predicted molar refractivity (Wildman–Crippen MR) is 62.4 cm³/mol. The molecule has 0 aliphatic carbocycles. The van der Waals surface area contributed by atoms with Crippen molar-refractivity contribution in [3.63, 3.8) is 0 Å². The molecule has 0 heterocycles. The zero-order valence-corrected chi connectivity index (χ0v) is 11.8. The van der Waals surface area contributed by atoms with Gasteiger partial charge in [0.15, 0.2) is 5.57 Å². The van der Waals surface area contributed by atoms with E-state index in [4.69, 9.17) is 0 Å². The summed E-state index contributed by atoms with van der Waals surface area (Å²) in [6.07, 6.45) is -19.6. The first-order valence-corrected chi connectivity index (χ1v) is 6.46. The van der Waals surface area contributed by atoms with E-state index < -0.39 is 51.6 Å². The van der Waals surface area contributed by atoms with E-state index in [9.17, 15) is 48.3 Å². The van der Waals surface area contributed by atoms with Crippen LogP contribution in [0.2, 0.25) is 0 Å². The molecule has 12 heteroatoms. The van der Waals surface area contributed by atoms with Gasteiger partial charge in [-0.15, -0.1) is 0 Å². The lowest BCUT2D eigenvalue weighted by molar-refractivity contribution is -0.264. The molecule has 1 aromatic rings. The van der Waals surface area contributed by atoms with Gasteiger partial charge in [0.1, 0.15) is 0 Å². The Labute approximate surface area is 131 Å². The fraction of sp³-hybridized carbons (Fsp3) is 0.333. The summed E-state index contributed by atoms with van der Waals surface area (Å²) in [5, 5.41) is 0. The van der Waals surface area contributed by atoms with Gasteiger partial charge in [-0.25, -0.2) is 0 Å². The maximum atomic E-state index is 13.4. The number of halogens is 11. The molecular formula is C12H5F11S. The molecule has 0 aliphatic rings. The van der Waals surface area contributed by atoms with Gasteiger partial charge in [0.25, 0.3) is 0 Å². The zero-order chi connectivity index (χ0) is 19.0. The van der Waals surface area contributed by atoms with Gasteiger partial charge in [0.2, 0.25) is 0 Å². The third kappa shape index (κ3) is 4.54. The van der Waals surface area contributed by atoms with Gasteiger partial charge in [-0.05, 0) is 12.1 Å². The summed E-state index contributed by atoms with van der Waals surface area (Å²) in [6, 6.07) is 4.92. The van der Waals surface area contributed by atoms with Crippen molar-refractivity contribution >= 4 is 11.8 Å². The standard InChI is InChI=1S/C12H5F11S/c13-9(14,12(21,22)23)8(24-6-4-2-1-3-5-6)7(10(15,16)17)11(18,19)20/h1-5H. The minimum absolute atomic E-state index is 0.651. The number of benzene rings is 1. The van der Waals surface area contributed by atoms with Crippen molar-refractivity contribution in [1.82, 2.24) is 0 Å². The number of hydrogen-bond donors (Lipinski definition) is 0. The Morgan fingerprint density at radius 3 is 1.42 bits per heavy atom. The summed E-state index contributed by atoms with van der Waals surface area (Å²) in [7, 11) is 0. The number of rotatable bonds is 3. The lowest BCUT2D eigenvalue weighted by Crippen LogP contribution is -2.41. The highest BCUT2D eigenvalue weighted by atomic mass is 32.2. The lowest BCUT2D eigenvalue weighted by atomic mass is 10.1. The highest BCUT2D eigenvalue weighted by Gasteiger charge is 2.66. The molecule has 0 unspecified atom stereocenters. The molecule has 0 fully saturated rings. The number of thioether (sulfide) groups is 1. The topological polar surface area (TPSA) is 0 Å². The summed E-state index contributed by atoms with van der Waals surface area (Å²) in [5.74, 6) is -6.35. The minimum atomic E-state index is -6.65. The Hall–Kier alpha value is -1.46. The fourth-order valence-electron chi connectivity index (χ4n) is 1.43. The molecule has 24 heavy (non-hydrogen) atoms. The molecular weight excluding hydrogens is 385 g/mol. The van der Waals surface area contributed by atoms with Crippen molar-refractivity contribution in [3.8, 4) is 0 Å². The Morgan fingerprint density at radius 2 is 1.08 bits per heavy atom. The maximum Gasteiger partial charge on any atom is 0.458 e. The second-order valence-corrected chi connectivity index (χ2v) is 5.27. The van der Waals surface area contributed by atoms with Crippen LogP contribution in [0.25, 0.3) is 0 Å². The van der Waals surface area contributed by atoms with Crippen LogP contribution in [0.15, 0.2) is 45.7 Å². The van der Waals surface area contributed by atoms with Crippen molar-refractivity contribution < 1.29 is 48.3 Å². The van der Waals surface area contributed by atoms with E-state index in [1.54, 1.807) is 0 Å². The molecule has 0 nitrogen and oxygen atoms in total. The Bertz CT molecular complexity index is 576. The first-order chi connectivity index (χ1) is 10.6. The first kappa shape index (κ1) is 20.6. The van der Waals surface area contributed by atoms with Gasteiger partial charge in [-0.1, -0.05) is 30.0 Å². The Morgan fingerprint density at radius 1 is 0.667 bits per heavy atom. The third-order valence-corrected chi connectivity index (χ3v) is 3.57. The zero-order valence-electron chi connectivity index (χ0n) is 11.0. The van der Waals surface area contributed by atoms with E-state index in [1.807, 2.05) is 0 Å². The van der Waals surface area contributed by atoms with Gasteiger partial charge in [-0.3, -0.25) is 0 Å². The number of alkyl halides is 11. The highest BCUT2D eigenvalue weighted by Crippen LogP contribution is 2.54. The summed E-state index contributed by atoms with van der Waals surface area (Å²) in [6.45, 7) is 0. The van der Waals surface area contributed by atoms with Crippen molar-refractivity contribution in [2.24, 2.45) is 0 Å². The van der Waals surface area contributed by atoms with Gasteiger partial charge in [-0.2, -0.15) is 48.3 Å². The van der Waals surface area contributed by atoms with Crippen molar-refractivity contribution in [2.45, 2.75) is 29.3 Å². The van der Waals surface area contributed by atoms with Crippen LogP contribution in [0.5, 0.6) is 0 Å². The summed E-state index contributed by atoms with van der Waals surface area (Å²) in [5.41, 5.74) is -3.90.